The average Bonchev–Trinajstić information content (AvgIpc) is 2.83. The van der Waals surface area contributed by atoms with Gasteiger partial charge in [0.1, 0.15) is 24.0 Å². The largest absolute Gasteiger partial charge is 0.488 e. The van der Waals surface area contributed by atoms with Crippen molar-refractivity contribution in [2.75, 3.05) is 5.32 Å². The number of carbonyl (C=O) groups is 1. The van der Waals surface area contributed by atoms with Crippen LogP contribution in [0.15, 0.2) is 96.6 Å². The third-order valence-corrected chi connectivity index (χ3v) is 5.13. The fraction of sp³-hybridized carbons (Fsp3) is 0.0714. The zero-order valence-corrected chi connectivity index (χ0v) is 17.7. The highest BCUT2D eigenvalue weighted by molar-refractivity contribution is 6.11. The Balaban J connectivity index is 1.69. The molecule has 0 atom stereocenters. The Kier molecular flexibility index (Phi) is 6.29. The molecule has 0 aliphatic carbocycles. The van der Waals surface area contributed by atoms with E-state index in [9.17, 15) is 10.1 Å². The van der Waals surface area contributed by atoms with E-state index in [-0.39, 0.29) is 5.57 Å². The van der Waals surface area contributed by atoms with Gasteiger partial charge in [-0.1, -0.05) is 78.4 Å². The number of rotatable bonds is 6. The van der Waals surface area contributed by atoms with Crippen LogP contribution in [0.3, 0.4) is 0 Å². The van der Waals surface area contributed by atoms with Crippen LogP contribution in [0.2, 0.25) is 0 Å². The van der Waals surface area contributed by atoms with Crippen LogP contribution in [0.5, 0.6) is 5.75 Å². The first-order valence-electron chi connectivity index (χ1n) is 10.3. The lowest BCUT2D eigenvalue weighted by atomic mass is 10.0. The molecule has 0 spiro atoms. The predicted octanol–water partition coefficient (Wildman–Crippen LogP) is 6.27. The van der Waals surface area contributed by atoms with E-state index in [4.69, 9.17) is 4.74 Å². The highest BCUT2D eigenvalue weighted by Gasteiger charge is 2.14. The molecule has 0 aliphatic heterocycles. The second kappa shape index (κ2) is 9.63. The normalized spacial score (nSPS) is 11.1. The number of benzene rings is 4. The van der Waals surface area contributed by atoms with Gasteiger partial charge in [-0.3, -0.25) is 4.79 Å². The zero-order chi connectivity index (χ0) is 22.3. The molecule has 0 aromatic heterocycles. The van der Waals surface area contributed by atoms with Gasteiger partial charge in [-0.2, -0.15) is 5.26 Å². The summed E-state index contributed by atoms with van der Waals surface area (Å²) in [6.07, 6.45) is 1.60. The standard InChI is InChI=1S/C28H22N2O2/c1-20-11-14-24(15-12-20)30-28(31)23(18-29)17-26-25-10-6-5-9-22(25)13-16-27(26)32-19-21-7-3-2-4-8-21/h2-17H,19H2,1H3,(H,30,31)/b23-17-. The number of hydrogen-bond acceptors (Lipinski definition) is 3. The van der Waals surface area contributed by atoms with Crippen molar-refractivity contribution in [3.05, 3.63) is 113 Å². The molecule has 0 heterocycles. The summed E-state index contributed by atoms with van der Waals surface area (Å²) in [5.74, 6) is 0.154. The maximum atomic E-state index is 12.8. The van der Waals surface area contributed by atoms with E-state index >= 15 is 0 Å². The molecule has 0 saturated carbocycles. The summed E-state index contributed by atoms with van der Waals surface area (Å²) in [7, 11) is 0. The molecule has 0 radical (unpaired) electrons. The lowest BCUT2D eigenvalue weighted by Crippen LogP contribution is -2.13. The molecule has 0 saturated heterocycles. The van der Waals surface area contributed by atoms with Crippen molar-refractivity contribution in [2.24, 2.45) is 0 Å². The molecule has 156 valence electrons. The van der Waals surface area contributed by atoms with Crippen LogP contribution in [-0.4, -0.2) is 5.91 Å². The Bertz CT molecular complexity index is 1320. The number of amides is 1. The molecule has 4 heteroatoms. The average molecular weight is 418 g/mol. The molecular formula is C28H22N2O2. The summed E-state index contributed by atoms with van der Waals surface area (Å²) in [6, 6.07) is 31.0. The first kappa shape index (κ1) is 20.9. The van der Waals surface area contributed by atoms with E-state index in [0.29, 0.717) is 23.6 Å². The summed E-state index contributed by atoms with van der Waals surface area (Å²) < 4.78 is 6.10. The molecule has 4 rings (SSSR count). The van der Waals surface area contributed by atoms with Gasteiger partial charge in [0, 0.05) is 11.3 Å². The van der Waals surface area contributed by atoms with Gasteiger partial charge in [0.25, 0.3) is 5.91 Å². The number of ether oxygens (including phenoxy) is 1. The topological polar surface area (TPSA) is 62.1 Å². The minimum Gasteiger partial charge on any atom is -0.488 e. The van der Waals surface area contributed by atoms with Crippen LogP contribution in [-0.2, 0) is 11.4 Å². The zero-order valence-electron chi connectivity index (χ0n) is 17.7. The van der Waals surface area contributed by atoms with E-state index < -0.39 is 5.91 Å². The van der Waals surface area contributed by atoms with Gasteiger partial charge < -0.3 is 10.1 Å². The van der Waals surface area contributed by atoms with Gasteiger partial charge in [-0.25, -0.2) is 0 Å². The molecule has 4 aromatic carbocycles. The van der Waals surface area contributed by atoms with Crippen molar-refractivity contribution in [1.82, 2.24) is 0 Å². The predicted molar refractivity (Wildman–Crippen MR) is 128 cm³/mol. The molecule has 4 aromatic rings. The third kappa shape index (κ3) is 4.85. The number of nitrogens with one attached hydrogen (secondary N) is 1. The van der Waals surface area contributed by atoms with Gasteiger partial charge >= 0.3 is 0 Å². The number of aryl methyl sites for hydroxylation is 1. The van der Waals surface area contributed by atoms with Gasteiger partial charge in [0.2, 0.25) is 0 Å². The monoisotopic (exact) mass is 418 g/mol. The van der Waals surface area contributed by atoms with Crippen LogP contribution in [0.4, 0.5) is 5.69 Å². The van der Waals surface area contributed by atoms with Crippen LogP contribution < -0.4 is 10.1 Å². The Morgan fingerprint density at radius 2 is 1.66 bits per heavy atom. The van der Waals surface area contributed by atoms with Crippen molar-refractivity contribution in [3.8, 4) is 11.8 Å². The number of anilines is 1. The fourth-order valence-electron chi connectivity index (χ4n) is 3.41. The number of nitriles is 1. The van der Waals surface area contributed by atoms with Crippen molar-refractivity contribution in [2.45, 2.75) is 13.5 Å². The SMILES string of the molecule is Cc1ccc(NC(=O)/C(C#N)=C\c2c(OCc3ccccc3)ccc3ccccc23)cc1. The van der Waals surface area contributed by atoms with Crippen molar-refractivity contribution in [3.63, 3.8) is 0 Å². The maximum absolute atomic E-state index is 12.8. The summed E-state index contributed by atoms with van der Waals surface area (Å²) in [5, 5.41) is 14.4. The van der Waals surface area contributed by atoms with Gasteiger partial charge in [-0.05, 0) is 47.5 Å². The summed E-state index contributed by atoms with van der Waals surface area (Å²) >= 11 is 0. The molecule has 0 fully saturated rings. The Morgan fingerprint density at radius 3 is 2.41 bits per heavy atom. The highest BCUT2D eigenvalue weighted by Crippen LogP contribution is 2.31. The molecule has 1 N–H and O–H groups in total. The summed E-state index contributed by atoms with van der Waals surface area (Å²) in [6.45, 7) is 2.36. The van der Waals surface area contributed by atoms with Crippen LogP contribution in [0.1, 0.15) is 16.7 Å². The Morgan fingerprint density at radius 1 is 0.938 bits per heavy atom. The van der Waals surface area contributed by atoms with Crippen LogP contribution >= 0.6 is 0 Å². The second-order valence-corrected chi connectivity index (χ2v) is 7.46. The first-order valence-corrected chi connectivity index (χ1v) is 10.3. The molecule has 0 bridgehead atoms. The highest BCUT2D eigenvalue weighted by atomic mass is 16.5. The quantitative estimate of drug-likeness (QED) is 0.296. The first-order chi connectivity index (χ1) is 15.6. The van der Waals surface area contributed by atoms with Crippen LogP contribution in [0.25, 0.3) is 16.8 Å². The molecule has 0 aliphatic rings. The fourth-order valence-corrected chi connectivity index (χ4v) is 3.41. The van der Waals surface area contributed by atoms with E-state index in [2.05, 4.69) is 5.32 Å². The summed E-state index contributed by atoms with van der Waals surface area (Å²) in [4.78, 5) is 12.8. The molecule has 0 unspecified atom stereocenters. The molecular weight excluding hydrogens is 396 g/mol. The lowest BCUT2D eigenvalue weighted by Gasteiger charge is -2.13. The number of carbonyl (C=O) groups excluding carboxylic acids is 1. The van der Waals surface area contributed by atoms with Crippen molar-refractivity contribution in [1.29, 1.82) is 5.26 Å². The Hall–Kier alpha value is -4.36. The maximum Gasteiger partial charge on any atom is 0.266 e. The third-order valence-electron chi connectivity index (χ3n) is 5.13. The molecule has 4 nitrogen and oxygen atoms in total. The smallest absolute Gasteiger partial charge is 0.266 e. The number of fused-ring (bicyclic) bond motifs is 1. The van der Waals surface area contributed by atoms with Crippen LogP contribution in [0, 0.1) is 18.3 Å². The summed E-state index contributed by atoms with van der Waals surface area (Å²) in [5.41, 5.74) is 3.48. The van der Waals surface area contributed by atoms with Gasteiger partial charge in [0.15, 0.2) is 0 Å². The van der Waals surface area contributed by atoms with E-state index in [1.807, 2.05) is 104 Å². The van der Waals surface area contributed by atoms with Crippen molar-refractivity contribution < 1.29 is 9.53 Å². The van der Waals surface area contributed by atoms with E-state index in [1.165, 1.54) is 0 Å². The van der Waals surface area contributed by atoms with E-state index in [0.717, 1.165) is 21.9 Å². The minimum absolute atomic E-state index is 0.00601. The van der Waals surface area contributed by atoms with E-state index in [1.54, 1.807) is 6.08 Å². The molecule has 32 heavy (non-hydrogen) atoms. The van der Waals surface area contributed by atoms with Gasteiger partial charge in [-0.15, -0.1) is 0 Å². The number of nitrogens with zero attached hydrogens (tertiary/aromatic N) is 1. The Labute approximate surface area is 187 Å². The lowest BCUT2D eigenvalue weighted by molar-refractivity contribution is -0.112. The van der Waals surface area contributed by atoms with Gasteiger partial charge in [0.05, 0.1) is 0 Å². The second-order valence-electron chi connectivity index (χ2n) is 7.46. The number of hydrogen-bond donors (Lipinski definition) is 1. The molecule has 1 amide bonds. The van der Waals surface area contributed by atoms with Crippen molar-refractivity contribution >= 4 is 28.4 Å². The minimum atomic E-state index is -0.460.